The molecule has 112 valence electrons. The monoisotopic (exact) mass is 305 g/mol. The molecule has 2 heterocycles. The molecule has 2 N–H and O–H groups in total. The van der Waals surface area contributed by atoms with Crippen LogP contribution in [0.5, 0.6) is 0 Å². The zero-order chi connectivity index (χ0) is 14.7. The van der Waals surface area contributed by atoms with Crippen molar-refractivity contribution in [1.29, 1.82) is 0 Å². The van der Waals surface area contributed by atoms with Gasteiger partial charge in [-0.05, 0) is 24.5 Å². The van der Waals surface area contributed by atoms with Gasteiger partial charge in [-0.2, -0.15) is 4.98 Å². The summed E-state index contributed by atoms with van der Waals surface area (Å²) in [6, 6.07) is 7.73. The first-order valence-electron chi connectivity index (χ1n) is 7.43. The molecule has 1 fully saturated rings. The molecule has 5 nitrogen and oxygen atoms in total. The van der Waals surface area contributed by atoms with Crippen molar-refractivity contribution in [3.8, 4) is 0 Å². The fourth-order valence-corrected chi connectivity index (χ4v) is 2.85. The van der Waals surface area contributed by atoms with E-state index in [1.807, 2.05) is 24.3 Å². The minimum absolute atomic E-state index is 0.439. The van der Waals surface area contributed by atoms with Crippen LogP contribution in [0.3, 0.4) is 0 Å². The zero-order valence-corrected chi connectivity index (χ0v) is 12.8. The first-order chi connectivity index (χ1) is 10.2. The van der Waals surface area contributed by atoms with E-state index in [9.17, 15) is 0 Å². The number of nitrogen functional groups attached to an aromatic ring is 1. The molecule has 0 bridgehead atoms. The highest BCUT2D eigenvalue weighted by molar-refractivity contribution is 6.31. The van der Waals surface area contributed by atoms with Crippen molar-refractivity contribution in [2.24, 2.45) is 0 Å². The molecule has 0 radical (unpaired) electrons. The Bertz CT molecular complexity index is 602. The molecule has 1 aliphatic heterocycles. The highest BCUT2D eigenvalue weighted by atomic mass is 35.5. The van der Waals surface area contributed by atoms with Gasteiger partial charge in [0.15, 0.2) is 0 Å². The fraction of sp³-hybridized carbons (Fsp3) is 0.467. The number of benzene rings is 1. The molecule has 0 aliphatic carbocycles. The SMILES string of the molecule is Nc1nc(N2CCCCCC2)nn1Cc1ccccc1Cl. The van der Waals surface area contributed by atoms with Crippen LogP contribution in [0.2, 0.25) is 5.02 Å². The molecule has 21 heavy (non-hydrogen) atoms. The summed E-state index contributed by atoms with van der Waals surface area (Å²) in [4.78, 5) is 6.64. The van der Waals surface area contributed by atoms with Crippen LogP contribution in [0.25, 0.3) is 0 Å². The average Bonchev–Trinajstić information content (AvgIpc) is 2.69. The second-order valence-electron chi connectivity index (χ2n) is 5.42. The van der Waals surface area contributed by atoms with Crippen LogP contribution >= 0.6 is 11.6 Å². The van der Waals surface area contributed by atoms with E-state index < -0.39 is 0 Å². The van der Waals surface area contributed by atoms with Gasteiger partial charge in [-0.3, -0.25) is 0 Å². The molecule has 0 unspecified atom stereocenters. The largest absolute Gasteiger partial charge is 0.368 e. The molecular formula is C15H20ClN5. The number of halogens is 1. The first-order valence-corrected chi connectivity index (χ1v) is 7.80. The Hall–Kier alpha value is -1.75. The summed E-state index contributed by atoms with van der Waals surface area (Å²) in [7, 11) is 0. The maximum atomic E-state index is 6.19. The number of hydrogen-bond acceptors (Lipinski definition) is 4. The molecule has 0 saturated carbocycles. The Labute approximate surface area is 129 Å². The number of anilines is 2. The van der Waals surface area contributed by atoms with Crippen LogP contribution in [-0.4, -0.2) is 27.9 Å². The lowest BCUT2D eigenvalue weighted by molar-refractivity contribution is 0.680. The van der Waals surface area contributed by atoms with E-state index >= 15 is 0 Å². The van der Waals surface area contributed by atoms with Crippen molar-refractivity contribution in [2.75, 3.05) is 23.7 Å². The van der Waals surface area contributed by atoms with Gasteiger partial charge < -0.3 is 10.6 Å². The number of hydrogen-bond donors (Lipinski definition) is 1. The van der Waals surface area contributed by atoms with Crippen molar-refractivity contribution in [2.45, 2.75) is 32.2 Å². The molecule has 1 aromatic carbocycles. The molecule has 0 spiro atoms. The van der Waals surface area contributed by atoms with Crippen molar-refractivity contribution in [1.82, 2.24) is 14.8 Å². The van der Waals surface area contributed by atoms with Gasteiger partial charge in [0, 0.05) is 18.1 Å². The van der Waals surface area contributed by atoms with E-state index in [0.29, 0.717) is 12.5 Å². The average molecular weight is 306 g/mol. The summed E-state index contributed by atoms with van der Waals surface area (Å²) < 4.78 is 1.72. The Morgan fingerprint density at radius 2 is 1.81 bits per heavy atom. The standard InChI is InChI=1S/C15H20ClN5/c16-13-8-4-3-7-12(13)11-21-14(17)18-15(19-21)20-9-5-1-2-6-10-20/h3-4,7-8H,1-2,5-6,9-11H2,(H2,17,18,19). The molecule has 0 atom stereocenters. The predicted molar refractivity (Wildman–Crippen MR) is 85.7 cm³/mol. The highest BCUT2D eigenvalue weighted by Crippen LogP contribution is 2.20. The highest BCUT2D eigenvalue weighted by Gasteiger charge is 2.16. The predicted octanol–water partition coefficient (Wildman–Crippen LogP) is 2.94. The molecule has 3 rings (SSSR count). The molecule has 1 aromatic heterocycles. The third kappa shape index (κ3) is 3.29. The van der Waals surface area contributed by atoms with Crippen molar-refractivity contribution >= 4 is 23.5 Å². The van der Waals surface area contributed by atoms with E-state index in [2.05, 4.69) is 15.0 Å². The second kappa shape index (κ2) is 6.35. The number of nitrogens with two attached hydrogens (primary N) is 1. The quantitative estimate of drug-likeness (QED) is 0.947. The third-order valence-corrected chi connectivity index (χ3v) is 4.22. The Balaban J connectivity index is 1.79. The minimum Gasteiger partial charge on any atom is -0.368 e. The lowest BCUT2D eigenvalue weighted by atomic mass is 10.2. The summed E-state index contributed by atoms with van der Waals surface area (Å²) >= 11 is 6.19. The van der Waals surface area contributed by atoms with E-state index in [0.717, 1.165) is 29.6 Å². The van der Waals surface area contributed by atoms with Gasteiger partial charge in [-0.25, -0.2) is 4.68 Å². The van der Waals surface area contributed by atoms with Gasteiger partial charge >= 0.3 is 0 Å². The van der Waals surface area contributed by atoms with Gasteiger partial charge in [-0.1, -0.05) is 42.6 Å². The molecule has 2 aromatic rings. The lowest BCUT2D eigenvalue weighted by Gasteiger charge is -2.17. The Morgan fingerprint density at radius 3 is 2.52 bits per heavy atom. The maximum absolute atomic E-state index is 6.19. The van der Waals surface area contributed by atoms with Crippen LogP contribution in [0.1, 0.15) is 31.2 Å². The molecule has 1 saturated heterocycles. The van der Waals surface area contributed by atoms with Crippen LogP contribution in [-0.2, 0) is 6.54 Å². The van der Waals surface area contributed by atoms with Crippen molar-refractivity contribution < 1.29 is 0 Å². The second-order valence-corrected chi connectivity index (χ2v) is 5.83. The number of nitrogens with zero attached hydrogens (tertiary/aromatic N) is 4. The summed E-state index contributed by atoms with van der Waals surface area (Å²) in [5.41, 5.74) is 7.00. The smallest absolute Gasteiger partial charge is 0.246 e. The van der Waals surface area contributed by atoms with Crippen molar-refractivity contribution in [3.63, 3.8) is 0 Å². The third-order valence-electron chi connectivity index (χ3n) is 3.86. The van der Waals surface area contributed by atoms with E-state index in [1.54, 1.807) is 4.68 Å². The van der Waals surface area contributed by atoms with Crippen molar-refractivity contribution in [3.05, 3.63) is 34.9 Å². The number of aromatic nitrogens is 3. The molecule has 6 heteroatoms. The fourth-order valence-electron chi connectivity index (χ4n) is 2.65. The normalized spacial score (nSPS) is 16.0. The van der Waals surface area contributed by atoms with E-state index in [-0.39, 0.29) is 0 Å². The zero-order valence-electron chi connectivity index (χ0n) is 12.0. The molecular weight excluding hydrogens is 286 g/mol. The summed E-state index contributed by atoms with van der Waals surface area (Å²) in [5.74, 6) is 1.18. The van der Waals surface area contributed by atoms with Gasteiger partial charge in [-0.15, -0.1) is 5.10 Å². The van der Waals surface area contributed by atoms with Crippen LogP contribution < -0.4 is 10.6 Å². The van der Waals surface area contributed by atoms with E-state index in [1.165, 1.54) is 25.7 Å². The van der Waals surface area contributed by atoms with Crippen LogP contribution in [0, 0.1) is 0 Å². The minimum atomic E-state index is 0.439. The topological polar surface area (TPSA) is 60.0 Å². The first kappa shape index (κ1) is 14.2. The summed E-state index contributed by atoms with van der Waals surface area (Å²) in [6.07, 6.45) is 4.95. The van der Waals surface area contributed by atoms with E-state index in [4.69, 9.17) is 17.3 Å². The lowest BCUT2D eigenvalue weighted by Crippen LogP contribution is -2.25. The molecule has 0 amide bonds. The van der Waals surface area contributed by atoms with Crippen LogP contribution in [0.15, 0.2) is 24.3 Å². The van der Waals surface area contributed by atoms with Gasteiger partial charge in [0.25, 0.3) is 0 Å². The van der Waals surface area contributed by atoms with Gasteiger partial charge in [0.2, 0.25) is 11.9 Å². The summed E-state index contributed by atoms with van der Waals surface area (Å²) in [6.45, 7) is 2.57. The molecule has 1 aliphatic rings. The van der Waals surface area contributed by atoms with Crippen LogP contribution in [0.4, 0.5) is 11.9 Å². The van der Waals surface area contributed by atoms with Gasteiger partial charge in [0.1, 0.15) is 0 Å². The number of rotatable bonds is 3. The Morgan fingerprint density at radius 1 is 1.10 bits per heavy atom. The maximum Gasteiger partial charge on any atom is 0.246 e. The summed E-state index contributed by atoms with van der Waals surface area (Å²) in [5, 5.41) is 5.29. The van der Waals surface area contributed by atoms with Gasteiger partial charge in [0.05, 0.1) is 6.54 Å². The Kier molecular flexibility index (Phi) is 4.29.